The van der Waals surface area contributed by atoms with Gasteiger partial charge < -0.3 is 15.7 Å². The number of aliphatic hydroxyl groups excluding tert-OH is 1. The SMILES string of the molecule is Cc1cc(S(=O)(=O)NC(CO)C2CCNCC2)ccc1NC(=O)c1ccccc1C. The first kappa shape index (κ1) is 22.4. The topological polar surface area (TPSA) is 108 Å². The molecule has 0 bridgehead atoms. The van der Waals surface area contributed by atoms with E-state index in [-0.39, 0.29) is 23.3 Å². The summed E-state index contributed by atoms with van der Waals surface area (Å²) in [4.78, 5) is 12.7. The lowest BCUT2D eigenvalue weighted by Gasteiger charge is -2.30. The molecule has 0 radical (unpaired) electrons. The summed E-state index contributed by atoms with van der Waals surface area (Å²) >= 11 is 0. The number of carbonyl (C=O) groups is 1. The van der Waals surface area contributed by atoms with Crippen LogP contribution < -0.4 is 15.4 Å². The molecular formula is C22H29N3O4S. The van der Waals surface area contributed by atoms with Gasteiger partial charge in [-0.15, -0.1) is 0 Å². The zero-order chi connectivity index (χ0) is 21.7. The maximum atomic E-state index is 12.9. The molecule has 0 aromatic heterocycles. The van der Waals surface area contributed by atoms with E-state index in [0.717, 1.165) is 31.5 Å². The molecule has 30 heavy (non-hydrogen) atoms. The zero-order valence-corrected chi connectivity index (χ0v) is 18.1. The normalized spacial score (nSPS) is 16.2. The summed E-state index contributed by atoms with van der Waals surface area (Å²) in [5.74, 6) is -0.143. The highest BCUT2D eigenvalue weighted by molar-refractivity contribution is 7.89. The van der Waals surface area contributed by atoms with Gasteiger partial charge in [0.05, 0.1) is 11.5 Å². The highest BCUT2D eigenvalue weighted by atomic mass is 32.2. The van der Waals surface area contributed by atoms with E-state index in [4.69, 9.17) is 0 Å². The second kappa shape index (κ2) is 9.70. The third kappa shape index (κ3) is 5.26. The monoisotopic (exact) mass is 431 g/mol. The molecule has 1 aliphatic rings. The van der Waals surface area contributed by atoms with Crippen molar-refractivity contribution in [2.24, 2.45) is 5.92 Å². The number of piperidine rings is 1. The van der Waals surface area contributed by atoms with Gasteiger partial charge in [-0.25, -0.2) is 13.1 Å². The van der Waals surface area contributed by atoms with Crippen LogP contribution in [0.5, 0.6) is 0 Å². The number of sulfonamides is 1. The van der Waals surface area contributed by atoms with Crippen molar-refractivity contribution in [2.75, 3.05) is 25.0 Å². The Morgan fingerprint density at radius 3 is 2.47 bits per heavy atom. The first-order valence-corrected chi connectivity index (χ1v) is 11.6. The summed E-state index contributed by atoms with van der Waals surface area (Å²) in [6, 6.07) is 11.4. The minimum Gasteiger partial charge on any atom is -0.395 e. The molecule has 2 aromatic carbocycles. The molecule has 3 rings (SSSR count). The highest BCUT2D eigenvalue weighted by Gasteiger charge is 2.28. The number of rotatable bonds is 7. The minimum absolute atomic E-state index is 0.0970. The summed E-state index contributed by atoms with van der Waals surface area (Å²) in [7, 11) is -3.79. The maximum absolute atomic E-state index is 12.9. The van der Waals surface area contributed by atoms with Gasteiger partial charge in [-0.2, -0.15) is 0 Å². The predicted octanol–water partition coefficient (Wildman–Crippen LogP) is 2.19. The number of nitrogens with one attached hydrogen (secondary N) is 3. The second-order valence-electron chi connectivity index (χ2n) is 7.74. The fourth-order valence-electron chi connectivity index (χ4n) is 3.76. The van der Waals surface area contributed by atoms with Gasteiger partial charge in [0.25, 0.3) is 5.91 Å². The number of hydrogen-bond acceptors (Lipinski definition) is 5. The van der Waals surface area contributed by atoms with Gasteiger partial charge >= 0.3 is 0 Å². The number of aliphatic hydroxyl groups is 1. The van der Waals surface area contributed by atoms with Crippen LogP contribution >= 0.6 is 0 Å². The fourth-order valence-corrected chi connectivity index (χ4v) is 5.14. The van der Waals surface area contributed by atoms with Crippen molar-refractivity contribution in [3.63, 3.8) is 0 Å². The maximum Gasteiger partial charge on any atom is 0.255 e. The van der Waals surface area contributed by atoms with Crippen molar-refractivity contribution in [3.8, 4) is 0 Å². The van der Waals surface area contributed by atoms with Crippen LogP contribution in [0.4, 0.5) is 5.69 Å². The van der Waals surface area contributed by atoms with Crippen LogP contribution in [0.3, 0.4) is 0 Å². The molecule has 8 heteroatoms. The molecule has 1 atom stereocenters. The van der Waals surface area contributed by atoms with Gasteiger partial charge in [-0.05, 0) is 81.1 Å². The van der Waals surface area contributed by atoms with Crippen LogP contribution in [0, 0.1) is 19.8 Å². The van der Waals surface area contributed by atoms with E-state index < -0.39 is 16.1 Å². The Hall–Kier alpha value is -2.26. The molecule has 1 unspecified atom stereocenters. The van der Waals surface area contributed by atoms with Crippen molar-refractivity contribution < 1.29 is 18.3 Å². The molecule has 1 aliphatic heterocycles. The summed E-state index contributed by atoms with van der Waals surface area (Å²) < 4.78 is 28.4. The van der Waals surface area contributed by atoms with Crippen molar-refractivity contribution in [3.05, 3.63) is 59.2 Å². The van der Waals surface area contributed by atoms with Crippen LogP contribution in [0.25, 0.3) is 0 Å². The van der Waals surface area contributed by atoms with Crippen LogP contribution in [-0.4, -0.2) is 45.2 Å². The van der Waals surface area contributed by atoms with Crippen molar-refractivity contribution >= 4 is 21.6 Å². The number of anilines is 1. The molecule has 0 saturated carbocycles. The quantitative estimate of drug-likeness (QED) is 0.538. The van der Waals surface area contributed by atoms with Crippen LogP contribution in [0.15, 0.2) is 47.4 Å². The van der Waals surface area contributed by atoms with E-state index in [1.54, 1.807) is 25.1 Å². The van der Waals surface area contributed by atoms with Crippen molar-refractivity contribution in [2.45, 2.75) is 37.6 Å². The average molecular weight is 432 g/mol. The third-order valence-electron chi connectivity index (χ3n) is 5.60. The van der Waals surface area contributed by atoms with Gasteiger partial charge in [-0.1, -0.05) is 18.2 Å². The molecule has 0 aliphatic carbocycles. The molecule has 1 amide bonds. The van der Waals surface area contributed by atoms with E-state index in [2.05, 4.69) is 15.4 Å². The van der Waals surface area contributed by atoms with E-state index in [0.29, 0.717) is 16.8 Å². The van der Waals surface area contributed by atoms with E-state index >= 15 is 0 Å². The molecule has 2 aromatic rings. The largest absolute Gasteiger partial charge is 0.395 e. The fraction of sp³-hybridized carbons (Fsp3) is 0.409. The Kier molecular flexibility index (Phi) is 7.25. The van der Waals surface area contributed by atoms with E-state index in [9.17, 15) is 18.3 Å². The Bertz CT molecular complexity index is 1000. The van der Waals surface area contributed by atoms with Crippen molar-refractivity contribution in [1.29, 1.82) is 0 Å². The van der Waals surface area contributed by atoms with Gasteiger partial charge in [0.15, 0.2) is 0 Å². The van der Waals surface area contributed by atoms with Gasteiger partial charge in [0.1, 0.15) is 0 Å². The number of benzene rings is 2. The Morgan fingerprint density at radius 2 is 1.83 bits per heavy atom. The average Bonchev–Trinajstić information content (AvgIpc) is 2.74. The zero-order valence-electron chi connectivity index (χ0n) is 17.3. The highest BCUT2D eigenvalue weighted by Crippen LogP contribution is 2.23. The Labute approximate surface area is 177 Å². The van der Waals surface area contributed by atoms with Crippen molar-refractivity contribution in [1.82, 2.24) is 10.0 Å². The summed E-state index contributed by atoms with van der Waals surface area (Å²) in [5.41, 5.74) is 2.63. The molecule has 0 spiro atoms. The lowest BCUT2D eigenvalue weighted by molar-refractivity contribution is 0.102. The Balaban J connectivity index is 1.74. The number of carbonyl (C=O) groups excluding carboxylic acids is 1. The first-order chi connectivity index (χ1) is 14.3. The predicted molar refractivity (Wildman–Crippen MR) is 117 cm³/mol. The van der Waals surface area contributed by atoms with Gasteiger partial charge in [0.2, 0.25) is 10.0 Å². The Morgan fingerprint density at radius 1 is 1.13 bits per heavy atom. The summed E-state index contributed by atoms with van der Waals surface area (Å²) in [5, 5.41) is 15.8. The molecule has 162 valence electrons. The molecule has 1 heterocycles. The molecular weight excluding hydrogens is 402 g/mol. The second-order valence-corrected chi connectivity index (χ2v) is 9.46. The molecule has 4 N–H and O–H groups in total. The van der Waals surface area contributed by atoms with Crippen LogP contribution in [-0.2, 0) is 10.0 Å². The third-order valence-corrected chi connectivity index (χ3v) is 7.09. The minimum atomic E-state index is -3.79. The molecule has 7 nitrogen and oxygen atoms in total. The number of amides is 1. The van der Waals surface area contributed by atoms with Crippen LogP contribution in [0.1, 0.15) is 34.3 Å². The van der Waals surface area contributed by atoms with E-state index in [1.165, 1.54) is 12.1 Å². The van der Waals surface area contributed by atoms with Gasteiger partial charge in [-0.3, -0.25) is 4.79 Å². The molecule has 1 fully saturated rings. The number of aryl methyl sites for hydroxylation is 2. The van der Waals surface area contributed by atoms with Gasteiger partial charge in [0, 0.05) is 17.3 Å². The first-order valence-electron chi connectivity index (χ1n) is 10.1. The lowest BCUT2D eigenvalue weighted by Crippen LogP contribution is -2.46. The molecule has 1 saturated heterocycles. The van der Waals surface area contributed by atoms with E-state index in [1.807, 2.05) is 19.1 Å². The standard InChI is InChI=1S/C22H29N3O4S/c1-15-5-3-4-6-19(15)22(27)24-20-8-7-18(13-16(20)2)30(28,29)25-21(14-26)17-9-11-23-12-10-17/h3-8,13,17,21,23,25-26H,9-12,14H2,1-2H3,(H,24,27). The van der Waals surface area contributed by atoms with Crippen LogP contribution in [0.2, 0.25) is 0 Å². The smallest absolute Gasteiger partial charge is 0.255 e. The summed E-state index contributed by atoms with van der Waals surface area (Å²) in [6.45, 7) is 5.01. The number of hydrogen-bond donors (Lipinski definition) is 4. The lowest BCUT2D eigenvalue weighted by atomic mass is 9.91. The summed E-state index contributed by atoms with van der Waals surface area (Å²) in [6.07, 6.45) is 1.63.